The normalized spacial score (nSPS) is 17.6. The predicted octanol–water partition coefficient (Wildman–Crippen LogP) is 4.11. The molecule has 1 unspecified atom stereocenters. The Labute approximate surface area is 130 Å². The quantitative estimate of drug-likeness (QED) is 0.885. The first-order valence-electron chi connectivity index (χ1n) is 6.63. The maximum atomic E-state index is 13.6. The van der Waals surface area contributed by atoms with Crippen LogP contribution >= 0.6 is 15.9 Å². The minimum Gasteiger partial charge on any atom is -0.378 e. The van der Waals surface area contributed by atoms with Crippen molar-refractivity contribution in [2.45, 2.75) is 12.5 Å². The molecule has 3 rings (SSSR count). The summed E-state index contributed by atoms with van der Waals surface area (Å²) in [5.41, 5.74) is 2.60. The Balaban J connectivity index is 1.93. The Morgan fingerprint density at radius 2 is 2.05 bits per heavy atom. The van der Waals surface area contributed by atoms with Gasteiger partial charge in [-0.05, 0) is 45.8 Å². The summed E-state index contributed by atoms with van der Waals surface area (Å²) < 4.78 is 14.0. The summed E-state index contributed by atoms with van der Waals surface area (Å²) >= 11 is 3.13. The molecule has 0 aliphatic carbocycles. The first-order chi connectivity index (χ1) is 10.1. The molecular formula is C16H14BrFN2O. The number of para-hydroxylation sites is 1. The zero-order chi connectivity index (χ0) is 15.0. The summed E-state index contributed by atoms with van der Waals surface area (Å²) in [6.07, 6.45) is 0.352. The van der Waals surface area contributed by atoms with Crippen LogP contribution in [0, 0.1) is 5.82 Å². The van der Waals surface area contributed by atoms with Gasteiger partial charge in [-0.3, -0.25) is 4.79 Å². The molecule has 0 bridgehead atoms. The van der Waals surface area contributed by atoms with Crippen molar-refractivity contribution in [3.05, 3.63) is 58.3 Å². The molecule has 1 aliphatic rings. The fraction of sp³-hybridized carbons (Fsp3) is 0.188. The zero-order valence-electron chi connectivity index (χ0n) is 11.4. The van der Waals surface area contributed by atoms with Crippen molar-refractivity contribution in [2.75, 3.05) is 17.3 Å². The van der Waals surface area contributed by atoms with Gasteiger partial charge in [0.05, 0.1) is 16.9 Å². The van der Waals surface area contributed by atoms with E-state index < -0.39 is 0 Å². The number of carbonyl (C=O) groups is 1. The molecule has 108 valence electrons. The van der Waals surface area contributed by atoms with Gasteiger partial charge >= 0.3 is 0 Å². The molecule has 1 heterocycles. The Morgan fingerprint density at radius 3 is 2.81 bits per heavy atom. The number of fused-ring (bicyclic) bond motifs is 1. The maximum Gasteiger partial charge on any atom is 0.229 e. The van der Waals surface area contributed by atoms with E-state index in [1.165, 1.54) is 6.07 Å². The van der Waals surface area contributed by atoms with Crippen LogP contribution in [-0.4, -0.2) is 13.0 Å². The largest absolute Gasteiger partial charge is 0.378 e. The van der Waals surface area contributed by atoms with Gasteiger partial charge in [-0.2, -0.15) is 0 Å². The molecule has 0 radical (unpaired) electrons. The van der Waals surface area contributed by atoms with E-state index >= 15 is 0 Å². The highest BCUT2D eigenvalue weighted by atomic mass is 79.9. The summed E-state index contributed by atoms with van der Waals surface area (Å²) in [5.74, 6) is -0.281. The van der Waals surface area contributed by atoms with Crippen LogP contribution in [0.25, 0.3) is 0 Å². The lowest BCUT2D eigenvalue weighted by atomic mass is 9.96. The highest BCUT2D eigenvalue weighted by molar-refractivity contribution is 9.10. The third kappa shape index (κ3) is 2.65. The molecule has 0 fully saturated rings. The second-order valence-corrected chi connectivity index (χ2v) is 5.90. The summed E-state index contributed by atoms with van der Waals surface area (Å²) in [6, 6.07) is 12.5. The molecule has 5 heteroatoms. The molecule has 1 N–H and O–H groups in total. The molecule has 2 aromatic carbocycles. The average Bonchev–Trinajstić information content (AvgIpc) is 2.48. The Morgan fingerprint density at radius 1 is 1.29 bits per heavy atom. The Hall–Kier alpha value is -1.88. The van der Waals surface area contributed by atoms with Crippen molar-refractivity contribution in [1.82, 2.24) is 0 Å². The van der Waals surface area contributed by atoms with E-state index in [0.717, 1.165) is 11.3 Å². The predicted molar refractivity (Wildman–Crippen MR) is 84.9 cm³/mol. The van der Waals surface area contributed by atoms with Gasteiger partial charge < -0.3 is 10.2 Å². The highest BCUT2D eigenvalue weighted by Crippen LogP contribution is 2.35. The molecule has 0 saturated heterocycles. The third-order valence-electron chi connectivity index (χ3n) is 3.69. The summed E-state index contributed by atoms with van der Waals surface area (Å²) in [5, 5.41) is 3.25. The van der Waals surface area contributed by atoms with E-state index in [1.54, 1.807) is 24.1 Å². The number of amides is 1. The number of carbonyl (C=O) groups excluding carboxylic acids is 1. The standard InChI is InChI=1S/C16H14BrFN2O/c1-20-15-5-3-2-4-11(15)14(9-16(20)21)19-10-6-7-12(17)13(18)8-10/h2-8,14,19H,9H2,1H3. The van der Waals surface area contributed by atoms with Crippen LogP contribution in [0.15, 0.2) is 46.9 Å². The second kappa shape index (κ2) is 5.48. The van der Waals surface area contributed by atoms with Crippen LogP contribution < -0.4 is 10.2 Å². The molecule has 0 aromatic heterocycles. The first-order valence-corrected chi connectivity index (χ1v) is 7.42. The number of nitrogens with zero attached hydrogens (tertiary/aromatic N) is 1. The van der Waals surface area contributed by atoms with E-state index in [-0.39, 0.29) is 17.8 Å². The summed E-state index contributed by atoms with van der Waals surface area (Å²) in [7, 11) is 1.77. The van der Waals surface area contributed by atoms with Crippen LogP contribution in [0.4, 0.5) is 15.8 Å². The SMILES string of the molecule is CN1C(=O)CC(Nc2ccc(Br)c(F)c2)c2ccccc21. The van der Waals surface area contributed by atoms with Crippen molar-refractivity contribution in [2.24, 2.45) is 0 Å². The van der Waals surface area contributed by atoms with Crippen molar-refractivity contribution >= 4 is 33.2 Å². The topological polar surface area (TPSA) is 32.3 Å². The minimum absolute atomic E-state index is 0.0452. The minimum atomic E-state index is -0.326. The Bertz CT molecular complexity index is 704. The molecule has 1 atom stereocenters. The lowest BCUT2D eigenvalue weighted by Crippen LogP contribution is -2.35. The number of anilines is 2. The third-order valence-corrected chi connectivity index (χ3v) is 4.33. The Kier molecular flexibility index (Phi) is 3.68. The first kappa shape index (κ1) is 14.1. The van der Waals surface area contributed by atoms with Crippen molar-refractivity contribution in [3.8, 4) is 0 Å². The fourth-order valence-corrected chi connectivity index (χ4v) is 2.81. The number of halogens is 2. The monoisotopic (exact) mass is 348 g/mol. The van der Waals surface area contributed by atoms with Gasteiger partial charge in [0.25, 0.3) is 0 Å². The van der Waals surface area contributed by atoms with E-state index in [1.807, 2.05) is 24.3 Å². The lowest BCUT2D eigenvalue weighted by Gasteiger charge is -2.32. The van der Waals surface area contributed by atoms with Crippen LogP contribution in [0.3, 0.4) is 0 Å². The van der Waals surface area contributed by atoms with Crippen LogP contribution in [0.5, 0.6) is 0 Å². The molecule has 0 saturated carbocycles. The van der Waals surface area contributed by atoms with Crippen LogP contribution in [0.2, 0.25) is 0 Å². The van der Waals surface area contributed by atoms with Gasteiger partial charge in [0.15, 0.2) is 0 Å². The van der Waals surface area contributed by atoms with Gasteiger partial charge in [-0.25, -0.2) is 4.39 Å². The number of nitrogens with one attached hydrogen (secondary N) is 1. The van der Waals surface area contributed by atoms with E-state index in [4.69, 9.17) is 0 Å². The number of benzene rings is 2. The average molecular weight is 349 g/mol. The molecule has 1 amide bonds. The maximum absolute atomic E-state index is 13.6. The van der Waals surface area contributed by atoms with Crippen LogP contribution in [-0.2, 0) is 4.79 Å². The van der Waals surface area contributed by atoms with E-state index in [0.29, 0.717) is 16.6 Å². The molecule has 1 aliphatic heterocycles. The van der Waals surface area contributed by atoms with Gasteiger partial charge in [-0.15, -0.1) is 0 Å². The van der Waals surface area contributed by atoms with E-state index in [2.05, 4.69) is 21.2 Å². The van der Waals surface area contributed by atoms with Gasteiger partial charge in [0.1, 0.15) is 5.82 Å². The van der Waals surface area contributed by atoms with Gasteiger partial charge in [0, 0.05) is 18.4 Å². The second-order valence-electron chi connectivity index (χ2n) is 5.04. The highest BCUT2D eigenvalue weighted by Gasteiger charge is 2.28. The lowest BCUT2D eigenvalue weighted by molar-refractivity contribution is -0.118. The van der Waals surface area contributed by atoms with Crippen molar-refractivity contribution < 1.29 is 9.18 Å². The summed E-state index contributed by atoms with van der Waals surface area (Å²) in [4.78, 5) is 13.7. The molecule has 2 aromatic rings. The molecule has 0 spiro atoms. The number of hydrogen-bond donors (Lipinski definition) is 1. The number of rotatable bonds is 2. The van der Waals surface area contributed by atoms with Crippen LogP contribution in [0.1, 0.15) is 18.0 Å². The smallest absolute Gasteiger partial charge is 0.229 e. The molecular weight excluding hydrogens is 335 g/mol. The molecule has 3 nitrogen and oxygen atoms in total. The zero-order valence-corrected chi connectivity index (χ0v) is 13.0. The summed E-state index contributed by atoms with van der Waals surface area (Å²) in [6.45, 7) is 0. The molecule has 21 heavy (non-hydrogen) atoms. The van der Waals surface area contributed by atoms with Gasteiger partial charge in [0.2, 0.25) is 5.91 Å². The fourth-order valence-electron chi connectivity index (χ4n) is 2.56. The number of hydrogen-bond acceptors (Lipinski definition) is 2. The van der Waals surface area contributed by atoms with E-state index in [9.17, 15) is 9.18 Å². The van der Waals surface area contributed by atoms with Crippen molar-refractivity contribution in [1.29, 1.82) is 0 Å². The van der Waals surface area contributed by atoms with Gasteiger partial charge in [-0.1, -0.05) is 18.2 Å². The van der Waals surface area contributed by atoms with Crippen molar-refractivity contribution in [3.63, 3.8) is 0 Å².